The Kier molecular flexibility index (Phi) is 24.1. The van der Waals surface area contributed by atoms with Crippen molar-refractivity contribution >= 4 is 0 Å². The van der Waals surface area contributed by atoms with Gasteiger partial charge in [0.1, 0.15) is 195 Å². The lowest BCUT2D eigenvalue weighted by atomic mass is 9.94. The van der Waals surface area contributed by atoms with Crippen molar-refractivity contribution in [3.63, 3.8) is 0 Å². The molecule has 0 spiro atoms. The van der Waals surface area contributed by atoms with Gasteiger partial charge in [-0.3, -0.25) is 0 Å². The highest BCUT2D eigenvalue weighted by molar-refractivity contribution is 5.02. The van der Waals surface area contributed by atoms with Gasteiger partial charge in [-0.25, -0.2) is 0 Å². The third-order valence-corrected chi connectivity index (χ3v) is 16.9. The molecule has 24 N–H and O–H groups in total. The van der Waals surface area contributed by atoms with Gasteiger partial charge < -0.3 is 198 Å². The lowest BCUT2D eigenvalue weighted by Crippen LogP contribution is -2.69. The second-order valence-electron chi connectivity index (χ2n) is 22.5. The minimum absolute atomic E-state index is 1.08. The van der Waals surface area contributed by atoms with E-state index in [1.165, 1.54) is 0 Å². The summed E-state index contributed by atoms with van der Waals surface area (Å²) in [6.45, 7) is -8.64. The average Bonchev–Trinajstić information content (AvgIpc) is 0.985. The smallest absolute Gasteiger partial charge is 0.187 e. The fourth-order valence-corrected chi connectivity index (χ4v) is 11.9. The van der Waals surface area contributed by atoms with Crippen molar-refractivity contribution in [1.82, 2.24) is 0 Å². The summed E-state index contributed by atoms with van der Waals surface area (Å²) in [4.78, 5) is 0. The largest absolute Gasteiger partial charge is 0.394 e. The highest BCUT2D eigenvalue weighted by Gasteiger charge is 2.60. The van der Waals surface area contributed by atoms with Crippen LogP contribution >= 0.6 is 0 Å². The van der Waals surface area contributed by atoms with E-state index in [1.807, 2.05) is 0 Å². The Labute approximate surface area is 496 Å². The minimum Gasteiger partial charge on any atom is -0.394 e. The van der Waals surface area contributed by atoms with Crippen molar-refractivity contribution in [3.05, 3.63) is 0 Å². The van der Waals surface area contributed by atoms with E-state index >= 15 is 0 Å². The fourth-order valence-electron chi connectivity index (χ4n) is 11.9. The molecule has 40 heteroatoms. The highest BCUT2D eigenvalue weighted by Crippen LogP contribution is 2.40. The molecule has 30 aliphatic heterocycles. The predicted molar refractivity (Wildman–Crippen MR) is 261 cm³/mol. The van der Waals surface area contributed by atoms with E-state index in [9.17, 15) is 123 Å². The van der Waals surface area contributed by atoms with Crippen LogP contribution in [0.3, 0.4) is 0 Å². The van der Waals surface area contributed by atoms with Crippen LogP contribution < -0.4 is 0 Å². The lowest BCUT2D eigenvalue weighted by molar-refractivity contribution is -0.404. The van der Waals surface area contributed by atoms with Crippen molar-refractivity contribution in [2.45, 2.75) is 246 Å². The number of hydrogen-bond acceptors (Lipinski definition) is 40. The van der Waals surface area contributed by atoms with Crippen LogP contribution in [0.15, 0.2) is 0 Å². The van der Waals surface area contributed by atoms with Gasteiger partial charge in [-0.1, -0.05) is 0 Å². The SMILES string of the molecule is OCC1O[C@@H]2O[C@@H]3C(CO)O[C@H](O[C@@H]4C(CO)O[C@H](O[C@@H]5C(CO)O[C@H](O[C@@H]6C(CO)O[C@H](O[C@@H]7C(CO)O[C@H](O[C@@H]8C(CO)O[C@H](O[C@@H]9C(CO)O[C@H](O[C@H]1C(O)[C@@H]2O)[C@@H](O)C9O)[C@@H](O)C8O)[C@@H](O)C7O)[C@@H](O)C6O)[C@@H](O)C5O)[C@@H](O)C4O)[C@@H](O)C3O. The van der Waals surface area contributed by atoms with Crippen LogP contribution in [0.25, 0.3) is 0 Å². The Bertz CT molecular complexity index is 1700. The Morgan fingerprint density at radius 2 is 0.227 bits per heavy atom. The molecular weight excluding hydrogens is 1220 g/mol. The van der Waals surface area contributed by atoms with Crippen molar-refractivity contribution < 1.29 is 198 Å². The summed E-state index contributed by atoms with van der Waals surface area (Å²) in [6, 6.07) is 0. The summed E-state index contributed by atoms with van der Waals surface area (Å²) >= 11 is 0. The van der Waals surface area contributed by atoms with Gasteiger partial charge in [0.2, 0.25) is 0 Å². The zero-order valence-corrected chi connectivity index (χ0v) is 46.0. The third-order valence-electron chi connectivity index (χ3n) is 16.9. The van der Waals surface area contributed by atoms with Crippen LogP contribution in [-0.4, -0.2) is 421 Å². The first-order valence-electron chi connectivity index (χ1n) is 28.1. The normalized spacial score (nSPS) is 55.4. The maximum Gasteiger partial charge on any atom is 0.187 e. The lowest BCUT2D eigenvalue weighted by Gasteiger charge is -2.50. The summed E-state index contributed by atoms with van der Waals surface area (Å²) in [5, 5.41) is 265. The zero-order valence-electron chi connectivity index (χ0n) is 46.0. The molecule has 30 saturated heterocycles. The summed E-state index contributed by atoms with van der Waals surface area (Å²) in [5.41, 5.74) is 0. The second kappa shape index (κ2) is 30.0. The molecule has 30 fully saturated rings. The van der Waals surface area contributed by atoms with Crippen molar-refractivity contribution in [3.8, 4) is 0 Å². The summed E-state index contributed by atoms with van der Waals surface area (Å²) in [6.07, 6.45) is -82.0. The standard InChI is InChI=1S/C48H80O40/c49-1-9-33-17(57)25(65)41(73-9)82-34-10(2-50)75-43(27(67)19(34)59)84-36-12(4-52)77-45(29(69)21(36)61)86-38-14(6-54)79-47(31(71)23(38)63)88-40-16(8-56)80-48(32(72)24(40)64)87-39-15(7-55)78-46(30(70)22(39)62)85-37-13(5-53)76-44(28(68)20(37)60)83-35-11(3-51)74-42(81-33)26(66)18(35)58/h9-72H,1-8H2/t9?,10?,11?,12?,13?,14?,15?,16?,17?,18?,19?,20?,21?,22?,23?,24?,25-,26-,27-,28-,29-,30-,31-,32-,33+,34+,35+,36+,37+,38+,39+,40+,41+,42+,43+,44+,45+,46+,47+,48+/m0/s1. The van der Waals surface area contributed by atoms with Crippen molar-refractivity contribution in [1.29, 1.82) is 0 Å². The number of rotatable bonds is 8. The Balaban J connectivity index is 0.975. The van der Waals surface area contributed by atoms with E-state index < -0.39 is 299 Å². The van der Waals surface area contributed by atoms with E-state index in [2.05, 4.69) is 0 Å². The van der Waals surface area contributed by atoms with Gasteiger partial charge in [0.15, 0.2) is 50.3 Å². The first-order valence-corrected chi connectivity index (χ1v) is 28.1. The van der Waals surface area contributed by atoms with E-state index in [1.54, 1.807) is 0 Å². The second-order valence-corrected chi connectivity index (χ2v) is 22.5. The van der Waals surface area contributed by atoms with Gasteiger partial charge in [-0.2, -0.15) is 0 Å². The Morgan fingerprint density at radius 1 is 0.136 bits per heavy atom. The topological polar surface area (TPSA) is 633 Å². The van der Waals surface area contributed by atoms with Gasteiger partial charge in [0, 0.05) is 0 Å². The average molecular weight is 1300 g/mol. The number of ether oxygens (including phenoxy) is 16. The molecule has 0 saturated carbocycles. The molecule has 0 aromatic rings. The predicted octanol–water partition coefficient (Wildman–Crippen LogP) is -17.4. The minimum atomic E-state index is -2.25. The molecule has 40 nitrogen and oxygen atoms in total. The number of aliphatic hydroxyl groups is 24. The molecule has 0 aromatic heterocycles. The van der Waals surface area contributed by atoms with Gasteiger partial charge in [-0.15, -0.1) is 0 Å². The van der Waals surface area contributed by atoms with Crippen LogP contribution in [0.1, 0.15) is 0 Å². The quantitative estimate of drug-likeness (QED) is 0.107. The van der Waals surface area contributed by atoms with E-state index in [0.29, 0.717) is 0 Å². The van der Waals surface area contributed by atoms with Gasteiger partial charge in [0.05, 0.1) is 52.9 Å². The molecule has 88 heavy (non-hydrogen) atoms. The summed E-state index contributed by atoms with van der Waals surface area (Å²) in [7, 11) is 0. The fraction of sp³-hybridized carbons (Fsp3) is 1.00. The van der Waals surface area contributed by atoms with E-state index in [-0.39, 0.29) is 0 Å². The molecule has 0 aromatic carbocycles. The monoisotopic (exact) mass is 1300 g/mol. The molecule has 0 amide bonds. The Morgan fingerprint density at radius 3 is 0.307 bits per heavy atom. The van der Waals surface area contributed by atoms with Gasteiger partial charge in [-0.05, 0) is 0 Å². The van der Waals surface area contributed by atoms with Crippen LogP contribution in [0.5, 0.6) is 0 Å². The summed E-state index contributed by atoms with van der Waals surface area (Å²) < 4.78 is 91.1. The highest BCUT2D eigenvalue weighted by atomic mass is 16.8. The maximum atomic E-state index is 11.4. The molecule has 30 heterocycles. The van der Waals surface area contributed by atoms with E-state index in [4.69, 9.17) is 75.8 Å². The molecular formula is C48H80O40. The van der Waals surface area contributed by atoms with Crippen molar-refractivity contribution in [2.24, 2.45) is 0 Å². The van der Waals surface area contributed by atoms with Crippen LogP contribution in [-0.2, 0) is 75.8 Å². The first-order chi connectivity index (χ1) is 41.9. The molecule has 40 atom stereocenters. The van der Waals surface area contributed by atoms with E-state index in [0.717, 1.165) is 0 Å². The Hall–Kier alpha value is -1.60. The number of aliphatic hydroxyl groups excluding tert-OH is 24. The molecule has 30 aliphatic rings. The van der Waals surface area contributed by atoms with Crippen LogP contribution in [0.4, 0.5) is 0 Å². The molecule has 16 bridgehead atoms. The van der Waals surface area contributed by atoms with Crippen LogP contribution in [0.2, 0.25) is 0 Å². The van der Waals surface area contributed by atoms with Crippen molar-refractivity contribution in [2.75, 3.05) is 52.9 Å². The summed E-state index contributed by atoms with van der Waals surface area (Å²) in [5.74, 6) is 0. The number of hydrogen-bond donors (Lipinski definition) is 24. The maximum absolute atomic E-state index is 11.4. The zero-order chi connectivity index (χ0) is 64.1. The van der Waals surface area contributed by atoms with Gasteiger partial charge in [0.25, 0.3) is 0 Å². The molecule has 0 radical (unpaired) electrons. The first kappa shape index (κ1) is 70.7. The molecule has 30 rings (SSSR count). The molecule has 0 aliphatic carbocycles. The molecule has 16 unspecified atom stereocenters. The third kappa shape index (κ3) is 13.8. The molecule has 512 valence electrons. The van der Waals surface area contributed by atoms with Gasteiger partial charge >= 0.3 is 0 Å². The van der Waals surface area contributed by atoms with Crippen LogP contribution in [0, 0.1) is 0 Å².